The largest absolute Gasteiger partial charge is 0.488 e. The molecule has 9 heteroatoms. The quantitative estimate of drug-likeness (QED) is 0.373. The van der Waals surface area contributed by atoms with Crippen LogP contribution >= 0.6 is 11.3 Å². The first-order valence-electron chi connectivity index (χ1n) is 9.54. The fourth-order valence-electron chi connectivity index (χ4n) is 2.89. The summed E-state index contributed by atoms with van der Waals surface area (Å²) in [5, 5.41) is 4.99. The van der Waals surface area contributed by atoms with Gasteiger partial charge in [-0.3, -0.25) is 4.79 Å². The van der Waals surface area contributed by atoms with Crippen molar-refractivity contribution in [2.45, 2.75) is 19.3 Å². The molecule has 0 fully saturated rings. The second-order valence-corrected chi connectivity index (χ2v) is 7.64. The summed E-state index contributed by atoms with van der Waals surface area (Å²) in [5.41, 5.74) is 0.857. The van der Waals surface area contributed by atoms with Crippen molar-refractivity contribution in [2.75, 3.05) is 0 Å². The number of rotatable bonds is 7. The highest BCUT2D eigenvalue weighted by atomic mass is 32.1. The molecule has 0 saturated heterocycles. The maximum absolute atomic E-state index is 12.7. The van der Waals surface area contributed by atoms with E-state index in [9.17, 15) is 18.0 Å². The Kier molecular flexibility index (Phi) is 6.27. The number of para-hydroxylation sites is 1. The van der Waals surface area contributed by atoms with Gasteiger partial charge in [0.1, 0.15) is 28.8 Å². The van der Waals surface area contributed by atoms with Gasteiger partial charge in [-0.05, 0) is 42.0 Å². The summed E-state index contributed by atoms with van der Waals surface area (Å²) in [4.78, 5) is 16.8. The van der Waals surface area contributed by atoms with Crippen LogP contribution in [0.25, 0.3) is 10.6 Å². The van der Waals surface area contributed by atoms with E-state index in [2.05, 4.69) is 10.3 Å². The first kappa shape index (κ1) is 21.6. The Hall–Kier alpha value is -3.59. The van der Waals surface area contributed by atoms with Crippen LogP contribution < -0.4 is 10.1 Å². The first-order valence-corrected chi connectivity index (χ1v) is 10.4. The number of halogens is 3. The first-order chi connectivity index (χ1) is 15.4. The normalized spacial score (nSPS) is 11.3. The summed E-state index contributed by atoms with van der Waals surface area (Å²) < 4.78 is 49.2. The van der Waals surface area contributed by atoms with Crippen LogP contribution in [0.4, 0.5) is 13.2 Å². The monoisotopic (exact) mass is 458 g/mol. The van der Waals surface area contributed by atoms with Gasteiger partial charge >= 0.3 is 6.18 Å². The predicted octanol–water partition coefficient (Wildman–Crippen LogP) is 5.93. The molecule has 5 nitrogen and oxygen atoms in total. The third kappa shape index (κ3) is 5.17. The molecule has 4 aromatic rings. The molecule has 0 unspecified atom stereocenters. The van der Waals surface area contributed by atoms with E-state index in [0.717, 1.165) is 12.1 Å². The van der Waals surface area contributed by atoms with Crippen LogP contribution in [-0.2, 0) is 19.3 Å². The Morgan fingerprint density at radius 3 is 2.56 bits per heavy atom. The van der Waals surface area contributed by atoms with Gasteiger partial charge < -0.3 is 14.5 Å². The van der Waals surface area contributed by atoms with E-state index in [1.54, 1.807) is 29.6 Å². The van der Waals surface area contributed by atoms with Crippen molar-refractivity contribution in [3.63, 3.8) is 0 Å². The smallest absolute Gasteiger partial charge is 0.416 e. The highest BCUT2D eigenvalue weighted by molar-refractivity contribution is 7.13. The van der Waals surface area contributed by atoms with Gasteiger partial charge in [0.25, 0.3) is 5.91 Å². The molecule has 2 aromatic heterocycles. The number of nitrogens with one attached hydrogen (secondary N) is 1. The lowest BCUT2D eigenvalue weighted by Crippen LogP contribution is -2.22. The van der Waals surface area contributed by atoms with Crippen LogP contribution in [-0.4, -0.2) is 10.9 Å². The van der Waals surface area contributed by atoms with E-state index in [0.29, 0.717) is 27.6 Å². The number of hydrogen-bond donors (Lipinski definition) is 1. The maximum atomic E-state index is 12.7. The van der Waals surface area contributed by atoms with Crippen molar-refractivity contribution in [1.29, 1.82) is 0 Å². The number of furan rings is 1. The molecule has 0 atom stereocenters. The standard InChI is InChI=1S/C23H17F3N2O3S/c24-23(25,26)16-9-7-15(8-10-16)13-31-20-6-2-1-5-18(20)22-28-19(14-32-22)21(29)27-12-17-4-3-11-30-17/h1-11,14H,12-13H2,(H,27,29). The number of hydrogen-bond acceptors (Lipinski definition) is 5. The summed E-state index contributed by atoms with van der Waals surface area (Å²) in [6.07, 6.45) is -2.84. The summed E-state index contributed by atoms with van der Waals surface area (Å²) >= 11 is 1.29. The minimum absolute atomic E-state index is 0.0943. The molecule has 1 amide bonds. The van der Waals surface area contributed by atoms with E-state index in [-0.39, 0.29) is 24.8 Å². The third-order valence-electron chi connectivity index (χ3n) is 4.53. The number of alkyl halides is 3. The number of nitrogens with zero attached hydrogens (tertiary/aromatic N) is 1. The number of amides is 1. The number of benzene rings is 2. The number of carbonyl (C=O) groups is 1. The van der Waals surface area contributed by atoms with Crippen LogP contribution in [0.1, 0.15) is 27.4 Å². The lowest BCUT2D eigenvalue weighted by Gasteiger charge is -2.11. The SMILES string of the molecule is O=C(NCc1ccco1)c1csc(-c2ccccc2OCc2ccc(C(F)(F)F)cc2)n1. The molecule has 0 bridgehead atoms. The Bertz CT molecular complexity index is 1190. The van der Waals surface area contributed by atoms with Gasteiger partial charge in [-0.1, -0.05) is 24.3 Å². The molecular formula is C23H17F3N2O3S. The van der Waals surface area contributed by atoms with Crippen LogP contribution in [0.5, 0.6) is 5.75 Å². The van der Waals surface area contributed by atoms with E-state index in [1.165, 1.54) is 29.7 Å². The highest BCUT2D eigenvalue weighted by Crippen LogP contribution is 2.33. The zero-order valence-corrected chi connectivity index (χ0v) is 17.4. The maximum Gasteiger partial charge on any atom is 0.416 e. The van der Waals surface area contributed by atoms with Crippen LogP contribution in [0.15, 0.2) is 76.7 Å². The summed E-state index contributed by atoms with van der Waals surface area (Å²) in [5.74, 6) is 0.826. The minimum atomic E-state index is -4.38. The van der Waals surface area contributed by atoms with Crippen molar-refractivity contribution < 1.29 is 27.1 Å². The van der Waals surface area contributed by atoms with Gasteiger partial charge in [-0.2, -0.15) is 13.2 Å². The average molecular weight is 458 g/mol. The number of carbonyl (C=O) groups excluding carboxylic acids is 1. The Labute approximate surface area is 185 Å². The Morgan fingerprint density at radius 2 is 1.84 bits per heavy atom. The molecule has 1 N–H and O–H groups in total. The zero-order valence-electron chi connectivity index (χ0n) is 16.6. The molecule has 164 valence electrons. The van der Waals surface area contributed by atoms with Gasteiger partial charge in [0.2, 0.25) is 0 Å². The molecule has 2 aromatic carbocycles. The van der Waals surface area contributed by atoms with Crippen LogP contribution in [0.3, 0.4) is 0 Å². The topological polar surface area (TPSA) is 64.4 Å². The summed E-state index contributed by atoms with van der Waals surface area (Å²) in [6, 6.07) is 15.5. The van der Waals surface area contributed by atoms with E-state index in [1.807, 2.05) is 12.1 Å². The fraction of sp³-hybridized carbons (Fsp3) is 0.130. The second kappa shape index (κ2) is 9.27. The fourth-order valence-corrected chi connectivity index (χ4v) is 3.72. The summed E-state index contributed by atoms with van der Waals surface area (Å²) in [7, 11) is 0. The van der Waals surface area contributed by atoms with Crippen molar-refractivity contribution in [1.82, 2.24) is 10.3 Å². The third-order valence-corrected chi connectivity index (χ3v) is 5.41. The lowest BCUT2D eigenvalue weighted by atomic mass is 10.1. The van der Waals surface area contributed by atoms with Gasteiger partial charge in [-0.25, -0.2) is 4.98 Å². The zero-order chi connectivity index (χ0) is 22.6. The van der Waals surface area contributed by atoms with Gasteiger partial charge in [0.15, 0.2) is 0 Å². The van der Waals surface area contributed by atoms with Crippen LogP contribution in [0.2, 0.25) is 0 Å². The molecule has 0 aliphatic heterocycles. The molecule has 0 saturated carbocycles. The highest BCUT2D eigenvalue weighted by Gasteiger charge is 2.29. The summed E-state index contributed by atoms with van der Waals surface area (Å²) in [6.45, 7) is 0.350. The van der Waals surface area contributed by atoms with E-state index < -0.39 is 11.7 Å². The molecule has 4 rings (SSSR count). The lowest BCUT2D eigenvalue weighted by molar-refractivity contribution is -0.137. The second-order valence-electron chi connectivity index (χ2n) is 6.78. The van der Waals surface area contributed by atoms with Crippen molar-refractivity contribution in [3.05, 3.63) is 94.9 Å². The molecule has 0 aliphatic rings. The van der Waals surface area contributed by atoms with Gasteiger partial charge in [0.05, 0.1) is 23.9 Å². The molecule has 32 heavy (non-hydrogen) atoms. The Morgan fingerprint density at radius 1 is 1.06 bits per heavy atom. The average Bonchev–Trinajstić information content (AvgIpc) is 3.48. The van der Waals surface area contributed by atoms with Crippen molar-refractivity contribution in [2.24, 2.45) is 0 Å². The van der Waals surface area contributed by atoms with E-state index >= 15 is 0 Å². The minimum Gasteiger partial charge on any atom is -0.488 e. The number of thiazole rings is 1. The number of ether oxygens (including phenoxy) is 1. The van der Waals surface area contributed by atoms with Crippen molar-refractivity contribution in [3.8, 4) is 16.3 Å². The van der Waals surface area contributed by atoms with Gasteiger partial charge in [0, 0.05) is 5.38 Å². The van der Waals surface area contributed by atoms with Crippen LogP contribution in [0, 0.1) is 0 Å². The predicted molar refractivity (Wildman–Crippen MR) is 113 cm³/mol. The van der Waals surface area contributed by atoms with E-state index in [4.69, 9.17) is 9.15 Å². The molecular weight excluding hydrogens is 441 g/mol. The molecule has 2 heterocycles. The molecule has 0 aliphatic carbocycles. The Balaban J connectivity index is 1.44. The molecule has 0 spiro atoms. The van der Waals surface area contributed by atoms with Gasteiger partial charge in [-0.15, -0.1) is 11.3 Å². The molecule has 0 radical (unpaired) electrons. The number of aromatic nitrogens is 1. The van der Waals surface area contributed by atoms with Crippen molar-refractivity contribution >= 4 is 17.2 Å².